The van der Waals surface area contributed by atoms with Gasteiger partial charge in [0.15, 0.2) is 0 Å². The van der Waals surface area contributed by atoms with Gasteiger partial charge in [0.2, 0.25) is 5.91 Å². The predicted molar refractivity (Wildman–Crippen MR) is 107 cm³/mol. The fraction of sp³-hybridized carbons (Fsp3) is 0.545. The first-order chi connectivity index (χ1) is 13.0. The zero-order valence-electron chi connectivity index (χ0n) is 16.3. The number of nitrogens with zero attached hydrogens (tertiary/aromatic N) is 2. The van der Waals surface area contributed by atoms with Crippen LogP contribution in [0.1, 0.15) is 62.9 Å². The van der Waals surface area contributed by atoms with E-state index in [1.807, 2.05) is 41.8 Å². The summed E-state index contributed by atoms with van der Waals surface area (Å²) in [6.07, 6.45) is 6.51. The molecule has 1 aliphatic heterocycles. The Bertz CT molecular complexity index is 866. The summed E-state index contributed by atoms with van der Waals surface area (Å²) >= 11 is 0. The van der Waals surface area contributed by atoms with Crippen molar-refractivity contribution in [3.8, 4) is 0 Å². The van der Waals surface area contributed by atoms with Gasteiger partial charge in [0.25, 0.3) is 5.91 Å². The molecule has 1 saturated carbocycles. The zero-order valence-corrected chi connectivity index (χ0v) is 16.3. The van der Waals surface area contributed by atoms with Crippen LogP contribution >= 0.6 is 0 Å². The van der Waals surface area contributed by atoms with Gasteiger partial charge in [0, 0.05) is 23.5 Å². The molecule has 1 fully saturated rings. The molecule has 5 nitrogen and oxygen atoms in total. The number of hydrogen-bond acceptors (Lipinski definition) is 2. The third-order valence-corrected chi connectivity index (χ3v) is 6.21. The Morgan fingerprint density at radius 3 is 2.70 bits per heavy atom. The van der Waals surface area contributed by atoms with Crippen molar-refractivity contribution in [2.75, 3.05) is 6.54 Å². The fourth-order valence-electron chi connectivity index (χ4n) is 4.67. The highest BCUT2D eigenvalue weighted by Crippen LogP contribution is 2.33. The molecule has 144 valence electrons. The lowest BCUT2D eigenvalue weighted by molar-refractivity contribution is -0.133. The number of nitrogens with one attached hydrogen (secondary N) is 1. The van der Waals surface area contributed by atoms with Crippen LogP contribution in [0.3, 0.4) is 0 Å². The average molecular weight is 367 g/mol. The van der Waals surface area contributed by atoms with E-state index in [4.69, 9.17) is 0 Å². The second-order valence-electron chi connectivity index (χ2n) is 8.21. The molecule has 1 atom stereocenters. The van der Waals surface area contributed by atoms with E-state index in [1.54, 1.807) is 4.90 Å². The van der Waals surface area contributed by atoms with Crippen LogP contribution in [0.4, 0.5) is 0 Å². The molecule has 2 aromatic rings. The first-order valence-corrected chi connectivity index (χ1v) is 10.3. The lowest BCUT2D eigenvalue weighted by Gasteiger charge is -2.44. The van der Waals surface area contributed by atoms with Crippen molar-refractivity contribution in [3.05, 3.63) is 36.0 Å². The Morgan fingerprint density at radius 2 is 1.96 bits per heavy atom. The summed E-state index contributed by atoms with van der Waals surface area (Å²) in [6, 6.07) is 10.2. The third-order valence-electron chi connectivity index (χ3n) is 6.21. The summed E-state index contributed by atoms with van der Waals surface area (Å²) in [7, 11) is 0. The van der Waals surface area contributed by atoms with Gasteiger partial charge in [-0.15, -0.1) is 0 Å². The summed E-state index contributed by atoms with van der Waals surface area (Å²) in [4.78, 5) is 28.5. The van der Waals surface area contributed by atoms with Gasteiger partial charge in [0.05, 0.1) is 6.54 Å². The lowest BCUT2D eigenvalue weighted by Crippen LogP contribution is -2.65. The van der Waals surface area contributed by atoms with Crippen LogP contribution in [0.2, 0.25) is 0 Å². The summed E-state index contributed by atoms with van der Waals surface area (Å²) in [6.45, 7) is 5.07. The summed E-state index contributed by atoms with van der Waals surface area (Å²) in [5.74, 6) is -0.0553. The standard InChI is InChI=1S/C22H29N3O2/c1-3-13-25-20(26)19-14-16-9-7-8-12-18(16)24(19)15-22(25,2)21(27)23-17-10-5-4-6-11-17/h7-9,12,14,17H,3-6,10-11,13,15H2,1-2H3,(H,23,27)/t22-/m1/s1. The largest absolute Gasteiger partial charge is 0.351 e. The van der Waals surface area contributed by atoms with Crippen molar-refractivity contribution in [1.82, 2.24) is 14.8 Å². The van der Waals surface area contributed by atoms with Crippen LogP contribution in [0, 0.1) is 0 Å². The number of benzene rings is 1. The van der Waals surface area contributed by atoms with Crippen molar-refractivity contribution in [1.29, 1.82) is 0 Å². The van der Waals surface area contributed by atoms with Crippen LogP contribution in [0.5, 0.6) is 0 Å². The van der Waals surface area contributed by atoms with Gasteiger partial charge >= 0.3 is 0 Å². The van der Waals surface area contributed by atoms with Crippen molar-refractivity contribution >= 4 is 22.7 Å². The minimum Gasteiger partial charge on any atom is -0.351 e. The molecular weight excluding hydrogens is 338 g/mol. The maximum Gasteiger partial charge on any atom is 0.271 e. The Morgan fingerprint density at radius 1 is 1.22 bits per heavy atom. The average Bonchev–Trinajstić information content (AvgIpc) is 3.04. The van der Waals surface area contributed by atoms with Crippen LogP contribution in [-0.4, -0.2) is 39.4 Å². The first kappa shape index (κ1) is 18.1. The molecule has 2 heterocycles. The van der Waals surface area contributed by atoms with Crippen LogP contribution < -0.4 is 5.32 Å². The highest BCUT2D eigenvalue weighted by molar-refractivity contribution is 6.03. The van der Waals surface area contributed by atoms with Crippen molar-refractivity contribution in [2.24, 2.45) is 0 Å². The Labute approximate surface area is 160 Å². The second-order valence-corrected chi connectivity index (χ2v) is 8.21. The van der Waals surface area contributed by atoms with Crippen LogP contribution in [0.25, 0.3) is 10.9 Å². The first-order valence-electron chi connectivity index (χ1n) is 10.3. The van der Waals surface area contributed by atoms with E-state index in [0.29, 0.717) is 18.8 Å². The SMILES string of the molecule is CCCN1C(=O)c2cc3ccccc3n2C[C@]1(C)C(=O)NC1CCCCC1. The minimum atomic E-state index is -0.862. The number of fused-ring (bicyclic) bond motifs is 3. The molecule has 2 aliphatic rings. The molecule has 0 saturated heterocycles. The smallest absolute Gasteiger partial charge is 0.271 e. The van der Waals surface area contributed by atoms with Crippen LogP contribution in [0.15, 0.2) is 30.3 Å². The fourth-order valence-corrected chi connectivity index (χ4v) is 4.67. The molecule has 0 spiro atoms. The Hall–Kier alpha value is -2.30. The molecule has 0 unspecified atom stereocenters. The van der Waals surface area contributed by atoms with Gasteiger partial charge in [-0.05, 0) is 38.3 Å². The number of para-hydroxylation sites is 1. The van der Waals surface area contributed by atoms with Gasteiger partial charge in [-0.25, -0.2) is 0 Å². The minimum absolute atomic E-state index is 0.0142. The van der Waals surface area contributed by atoms with Crippen molar-refractivity contribution in [2.45, 2.75) is 70.5 Å². The Kier molecular flexibility index (Phi) is 4.70. The second kappa shape index (κ2) is 7.02. The summed E-state index contributed by atoms with van der Waals surface area (Å²) in [5.41, 5.74) is 0.848. The van der Waals surface area contributed by atoms with E-state index < -0.39 is 5.54 Å². The topological polar surface area (TPSA) is 54.3 Å². The number of hydrogen-bond donors (Lipinski definition) is 1. The van der Waals surface area contributed by atoms with E-state index in [9.17, 15) is 9.59 Å². The number of carbonyl (C=O) groups excluding carboxylic acids is 2. The van der Waals surface area contributed by atoms with Crippen molar-refractivity contribution < 1.29 is 9.59 Å². The maximum atomic E-state index is 13.4. The molecule has 1 aromatic carbocycles. The van der Waals surface area contributed by atoms with Gasteiger partial charge in [-0.3, -0.25) is 9.59 Å². The molecule has 27 heavy (non-hydrogen) atoms. The van der Waals surface area contributed by atoms with Gasteiger partial charge < -0.3 is 14.8 Å². The Balaban J connectivity index is 1.71. The maximum absolute atomic E-state index is 13.4. The zero-order chi connectivity index (χ0) is 19.0. The number of rotatable bonds is 4. The molecule has 0 bridgehead atoms. The molecular formula is C22H29N3O2. The van der Waals surface area contributed by atoms with Crippen molar-refractivity contribution in [3.63, 3.8) is 0 Å². The third kappa shape index (κ3) is 3.03. The lowest BCUT2D eigenvalue weighted by atomic mass is 9.91. The van der Waals surface area contributed by atoms with Gasteiger partial charge in [0.1, 0.15) is 11.2 Å². The molecule has 1 N–H and O–H groups in total. The highest BCUT2D eigenvalue weighted by Gasteiger charge is 2.47. The highest BCUT2D eigenvalue weighted by atomic mass is 16.2. The molecule has 4 rings (SSSR count). The predicted octanol–water partition coefficient (Wildman–Crippen LogP) is 3.71. The van der Waals surface area contributed by atoms with E-state index in [1.165, 1.54) is 19.3 Å². The van der Waals surface area contributed by atoms with E-state index in [-0.39, 0.29) is 17.9 Å². The molecule has 5 heteroatoms. The summed E-state index contributed by atoms with van der Waals surface area (Å²) < 4.78 is 2.03. The van der Waals surface area contributed by atoms with E-state index in [0.717, 1.165) is 30.2 Å². The van der Waals surface area contributed by atoms with E-state index in [2.05, 4.69) is 12.2 Å². The van der Waals surface area contributed by atoms with Crippen LogP contribution in [-0.2, 0) is 11.3 Å². The monoisotopic (exact) mass is 367 g/mol. The quantitative estimate of drug-likeness (QED) is 0.895. The normalized spacial score (nSPS) is 23.5. The van der Waals surface area contributed by atoms with Gasteiger partial charge in [-0.1, -0.05) is 44.4 Å². The van der Waals surface area contributed by atoms with Gasteiger partial charge in [-0.2, -0.15) is 0 Å². The molecule has 1 aliphatic carbocycles. The van der Waals surface area contributed by atoms with E-state index >= 15 is 0 Å². The summed E-state index contributed by atoms with van der Waals surface area (Å²) in [5, 5.41) is 4.31. The molecule has 2 amide bonds. The number of amides is 2. The molecule has 0 radical (unpaired) electrons. The molecule has 1 aromatic heterocycles. The number of carbonyl (C=O) groups is 2. The number of aromatic nitrogens is 1.